The molecule has 0 radical (unpaired) electrons. The highest BCUT2D eigenvalue weighted by Crippen LogP contribution is 2.22. The minimum Gasteiger partial charge on any atom is -0.506 e. The number of methoxy groups -OCH3 is 2. The molecule has 2 amide bonds. The van der Waals surface area contributed by atoms with Crippen molar-refractivity contribution in [3.63, 3.8) is 0 Å². The van der Waals surface area contributed by atoms with E-state index in [4.69, 9.17) is 14.0 Å². The van der Waals surface area contributed by atoms with Crippen LogP contribution in [-0.2, 0) is 39.6 Å². The number of aromatic nitrogens is 2. The minimum absolute atomic E-state index is 0.0569. The van der Waals surface area contributed by atoms with Crippen LogP contribution in [0.5, 0.6) is 0 Å². The first-order valence-corrected chi connectivity index (χ1v) is 12.1. The zero-order chi connectivity index (χ0) is 27.7. The van der Waals surface area contributed by atoms with Crippen molar-refractivity contribution in [2.75, 3.05) is 14.2 Å². The topological polar surface area (TPSA) is 155 Å². The second-order valence-electron chi connectivity index (χ2n) is 9.09. The van der Waals surface area contributed by atoms with Crippen LogP contribution in [0.15, 0.2) is 48.9 Å². The molecule has 1 aliphatic rings. The van der Waals surface area contributed by atoms with Crippen LogP contribution in [0.4, 0.5) is 0 Å². The van der Waals surface area contributed by atoms with Gasteiger partial charge in [-0.2, -0.15) is 0 Å². The van der Waals surface area contributed by atoms with E-state index in [-0.39, 0.29) is 18.0 Å². The summed E-state index contributed by atoms with van der Waals surface area (Å²) in [5.74, 6) is -3.41. The summed E-state index contributed by atoms with van der Waals surface area (Å²) >= 11 is 0. The van der Waals surface area contributed by atoms with E-state index in [0.29, 0.717) is 6.42 Å². The number of nitrogens with zero attached hydrogens (tertiary/aromatic N) is 2. The third-order valence-corrected chi connectivity index (χ3v) is 5.79. The number of hydrogen-bond donors (Lipinski definition) is 2. The lowest BCUT2D eigenvalue weighted by molar-refractivity contribution is -0.162. The molecule has 1 aromatic heterocycles. The van der Waals surface area contributed by atoms with Crippen LogP contribution in [0.25, 0.3) is 0 Å². The van der Waals surface area contributed by atoms with Crippen LogP contribution in [-0.4, -0.2) is 79.2 Å². The standard InChI is InChI=1S/C25H31BN4O8/c1-15(2)12-19(26-37-21(25(34)38-26)20(35-3)24(33)36-4)30-22(31)17(13-16-8-6-5-7-9-16)29-23(32)18-14-27-10-11-28-18/h5-11,14-15,17,19-21H,12-13H2,1-4H3,(H,29,32)(H,30,31)/t17-,19-,20+,21+/m0/s1. The SMILES string of the molecule is COC(=O)[C@H](OC)[C@H]1OB([C@H](CC(C)C)NC(=O)[C@H](Cc2ccccc2)NC(=O)c2cnccn2)OC1=O. The Kier molecular flexibility index (Phi) is 10.3. The van der Waals surface area contributed by atoms with Crippen molar-refractivity contribution in [1.82, 2.24) is 20.6 Å². The van der Waals surface area contributed by atoms with Crippen LogP contribution in [0.2, 0.25) is 0 Å². The third-order valence-electron chi connectivity index (χ3n) is 5.79. The quantitative estimate of drug-likeness (QED) is 0.295. The molecule has 0 bridgehead atoms. The van der Waals surface area contributed by atoms with E-state index in [1.54, 1.807) is 0 Å². The Balaban J connectivity index is 1.80. The first-order chi connectivity index (χ1) is 18.2. The van der Waals surface area contributed by atoms with Gasteiger partial charge in [-0.25, -0.2) is 9.78 Å². The first kappa shape index (κ1) is 28.7. The van der Waals surface area contributed by atoms with E-state index >= 15 is 0 Å². The van der Waals surface area contributed by atoms with Crippen LogP contribution < -0.4 is 10.6 Å². The Hall–Kier alpha value is -3.84. The highest BCUT2D eigenvalue weighted by Gasteiger charge is 2.51. The van der Waals surface area contributed by atoms with Crippen LogP contribution >= 0.6 is 0 Å². The summed E-state index contributed by atoms with van der Waals surface area (Å²) in [5.41, 5.74) is 0.874. The lowest BCUT2D eigenvalue weighted by Gasteiger charge is -2.25. The second kappa shape index (κ2) is 13.6. The van der Waals surface area contributed by atoms with E-state index in [1.807, 2.05) is 44.2 Å². The normalized spacial score (nSPS) is 17.3. The molecule has 2 N–H and O–H groups in total. The first-order valence-electron chi connectivity index (χ1n) is 12.1. The number of rotatable bonds is 12. The maximum Gasteiger partial charge on any atom is 0.552 e. The van der Waals surface area contributed by atoms with Crippen LogP contribution in [0.1, 0.15) is 36.3 Å². The number of hydrogen-bond acceptors (Lipinski definition) is 10. The molecule has 1 saturated heterocycles. The summed E-state index contributed by atoms with van der Waals surface area (Å²) in [4.78, 5) is 58.8. The number of nitrogens with one attached hydrogen (secondary N) is 2. The lowest BCUT2D eigenvalue weighted by Crippen LogP contribution is -2.55. The predicted octanol–water partition coefficient (Wildman–Crippen LogP) is 0.506. The Morgan fingerprint density at radius 1 is 1.11 bits per heavy atom. The largest absolute Gasteiger partial charge is 0.552 e. The van der Waals surface area contributed by atoms with Gasteiger partial charge in [-0.1, -0.05) is 44.2 Å². The average Bonchev–Trinajstić information content (AvgIpc) is 3.30. The molecule has 1 fully saturated rings. The third kappa shape index (κ3) is 7.59. The van der Waals surface area contributed by atoms with Crippen molar-refractivity contribution < 1.29 is 38.0 Å². The summed E-state index contributed by atoms with van der Waals surface area (Å²) < 4.78 is 20.9. The molecule has 13 heteroatoms. The van der Waals surface area contributed by atoms with Crippen molar-refractivity contribution >= 4 is 30.9 Å². The second-order valence-corrected chi connectivity index (χ2v) is 9.09. The molecule has 2 heterocycles. The zero-order valence-electron chi connectivity index (χ0n) is 21.7. The number of ether oxygens (including phenoxy) is 2. The molecule has 0 aliphatic carbocycles. The molecular weight excluding hydrogens is 495 g/mol. The van der Waals surface area contributed by atoms with Gasteiger partial charge in [0.1, 0.15) is 11.7 Å². The van der Waals surface area contributed by atoms with Gasteiger partial charge in [0.2, 0.25) is 5.91 Å². The fourth-order valence-electron chi connectivity index (χ4n) is 3.98. The summed E-state index contributed by atoms with van der Waals surface area (Å²) in [5, 5.41) is 5.57. The van der Waals surface area contributed by atoms with Crippen LogP contribution in [0.3, 0.4) is 0 Å². The molecule has 12 nitrogen and oxygen atoms in total. The van der Waals surface area contributed by atoms with Crippen molar-refractivity contribution in [2.24, 2.45) is 5.92 Å². The zero-order valence-corrected chi connectivity index (χ0v) is 21.7. The van der Waals surface area contributed by atoms with Crippen molar-refractivity contribution in [3.8, 4) is 0 Å². The maximum atomic E-state index is 13.5. The van der Waals surface area contributed by atoms with Crippen LogP contribution in [0, 0.1) is 5.92 Å². The van der Waals surface area contributed by atoms with E-state index < -0.39 is 55.1 Å². The number of carbonyl (C=O) groups excluding carboxylic acids is 4. The van der Waals surface area contributed by atoms with Gasteiger partial charge in [0, 0.05) is 25.9 Å². The Labute approximate surface area is 220 Å². The molecule has 4 atom stereocenters. The minimum atomic E-state index is -1.36. The molecule has 0 unspecified atom stereocenters. The molecule has 3 rings (SSSR count). The molecular formula is C25H31BN4O8. The molecule has 1 aliphatic heterocycles. The van der Waals surface area contributed by atoms with E-state index in [2.05, 4.69) is 25.3 Å². The van der Waals surface area contributed by atoms with Gasteiger partial charge in [-0.05, 0) is 17.9 Å². The van der Waals surface area contributed by atoms with Gasteiger partial charge < -0.3 is 29.4 Å². The van der Waals surface area contributed by atoms with E-state index in [9.17, 15) is 19.2 Å². The molecule has 0 saturated carbocycles. The Morgan fingerprint density at radius 3 is 2.45 bits per heavy atom. The number of amides is 2. The molecule has 1 aromatic carbocycles. The fourth-order valence-corrected chi connectivity index (χ4v) is 3.98. The molecule has 38 heavy (non-hydrogen) atoms. The summed E-state index contributed by atoms with van der Waals surface area (Å²) in [6.45, 7) is 3.86. The summed E-state index contributed by atoms with van der Waals surface area (Å²) in [6.07, 6.45) is 1.99. The van der Waals surface area contributed by atoms with Crippen molar-refractivity contribution in [1.29, 1.82) is 0 Å². The Bertz CT molecular complexity index is 1110. The fraction of sp³-hybridized carbons (Fsp3) is 0.440. The lowest BCUT2D eigenvalue weighted by atomic mass is 9.74. The van der Waals surface area contributed by atoms with E-state index in [0.717, 1.165) is 12.7 Å². The highest BCUT2D eigenvalue weighted by atomic mass is 16.7. The van der Waals surface area contributed by atoms with Gasteiger partial charge in [-0.15, -0.1) is 0 Å². The number of esters is 1. The number of benzene rings is 1. The van der Waals surface area contributed by atoms with Gasteiger partial charge in [0.05, 0.1) is 19.2 Å². The number of carbonyl (C=O) groups is 4. The smallest absolute Gasteiger partial charge is 0.506 e. The molecule has 202 valence electrons. The maximum absolute atomic E-state index is 13.5. The highest BCUT2D eigenvalue weighted by molar-refractivity contribution is 6.51. The van der Waals surface area contributed by atoms with Gasteiger partial charge >= 0.3 is 19.1 Å². The van der Waals surface area contributed by atoms with E-state index in [1.165, 1.54) is 25.7 Å². The average molecular weight is 526 g/mol. The van der Waals surface area contributed by atoms with Crippen molar-refractivity contribution in [3.05, 3.63) is 60.2 Å². The van der Waals surface area contributed by atoms with Crippen molar-refractivity contribution in [2.45, 2.75) is 50.9 Å². The van der Waals surface area contributed by atoms with Gasteiger partial charge in [0.25, 0.3) is 5.91 Å². The monoisotopic (exact) mass is 526 g/mol. The summed E-state index contributed by atoms with van der Waals surface area (Å²) in [6, 6.07) is 8.19. The predicted molar refractivity (Wildman–Crippen MR) is 134 cm³/mol. The summed E-state index contributed by atoms with van der Waals surface area (Å²) in [7, 11) is 1.22. The Morgan fingerprint density at radius 2 is 1.84 bits per heavy atom. The molecule has 0 spiro atoms. The van der Waals surface area contributed by atoms with Gasteiger partial charge in [0.15, 0.2) is 12.2 Å². The van der Waals surface area contributed by atoms with Gasteiger partial charge in [-0.3, -0.25) is 19.4 Å². The molecule has 2 aromatic rings.